The number of carbonyl (C=O) groups is 3. The summed E-state index contributed by atoms with van der Waals surface area (Å²) in [5, 5.41) is 15.0. The van der Waals surface area contributed by atoms with Gasteiger partial charge in [-0.3, -0.25) is 4.79 Å². The van der Waals surface area contributed by atoms with Crippen LogP contribution >= 0.6 is 0 Å². The molecule has 3 atom stereocenters. The van der Waals surface area contributed by atoms with Crippen LogP contribution in [0.5, 0.6) is 0 Å². The van der Waals surface area contributed by atoms with Gasteiger partial charge >= 0.3 is 18.0 Å². The van der Waals surface area contributed by atoms with E-state index < -0.39 is 29.3 Å². The summed E-state index contributed by atoms with van der Waals surface area (Å²) < 4.78 is 10.5. The molecule has 8 nitrogen and oxygen atoms in total. The number of ether oxygens (including phenoxy) is 2. The van der Waals surface area contributed by atoms with Gasteiger partial charge in [0.15, 0.2) is 0 Å². The number of piperidine rings is 1. The van der Waals surface area contributed by atoms with Gasteiger partial charge in [-0.25, -0.2) is 9.59 Å². The minimum Gasteiger partial charge on any atom is -0.480 e. The van der Waals surface area contributed by atoms with E-state index in [1.165, 1.54) is 0 Å². The van der Waals surface area contributed by atoms with Crippen LogP contribution in [0.15, 0.2) is 0 Å². The summed E-state index contributed by atoms with van der Waals surface area (Å²) in [4.78, 5) is 35.5. The molecule has 1 amide bonds. The maximum atomic E-state index is 12.2. The highest BCUT2D eigenvalue weighted by molar-refractivity contribution is 5.80. The molecule has 0 aliphatic carbocycles. The Labute approximate surface area is 161 Å². The van der Waals surface area contributed by atoms with E-state index in [2.05, 4.69) is 10.6 Å². The SMILES string of the molecule is CC(C)(C)OC(=O)N[C@@H](CC[C@H]1CCC[C@@H](C(=O)OC(C)(C)C)N1)C(=O)O. The zero-order chi connectivity index (χ0) is 20.8. The molecular formula is C19H34N2O6. The number of carbonyl (C=O) groups excluding carboxylic acids is 2. The Kier molecular flexibility index (Phi) is 8.07. The third-order valence-electron chi connectivity index (χ3n) is 3.97. The first-order valence-electron chi connectivity index (χ1n) is 9.48. The van der Waals surface area contributed by atoms with Crippen molar-refractivity contribution in [3.8, 4) is 0 Å². The van der Waals surface area contributed by atoms with Crippen LogP contribution in [0.1, 0.15) is 73.6 Å². The normalized spacial score (nSPS) is 21.9. The number of carboxylic acid groups (broad SMARTS) is 1. The number of esters is 1. The summed E-state index contributed by atoms with van der Waals surface area (Å²) in [6, 6.07) is -1.42. The summed E-state index contributed by atoms with van der Waals surface area (Å²) in [7, 11) is 0. The quantitative estimate of drug-likeness (QED) is 0.601. The Balaban J connectivity index is 2.54. The Morgan fingerprint density at radius 1 is 1.07 bits per heavy atom. The van der Waals surface area contributed by atoms with Crippen molar-refractivity contribution in [2.24, 2.45) is 0 Å². The van der Waals surface area contributed by atoms with Crippen LogP contribution in [0.3, 0.4) is 0 Å². The third kappa shape index (κ3) is 9.60. The van der Waals surface area contributed by atoms with Gasteiger partial charge in [0.25, 0.3) is 0 Å². The van der Waals surface area contributed by atoms with Crippen molar-refractivity contribution in [1.29, 1.82) is 0 Å². The van der Waals surface area contributed by atoms with E-state index in [1.54, 1.807) is 20.8 Å². The van der Waals surface area contributed by atoms with E-state index in [9.17, 15) is 19.5 Å². The second-order valence-electron chi connectivity index (χ2n) is 8.99. The van der Waals surface area contributed by atoms with E-state index in [-0.39, 0.29) is 24.5 Å². The number of hydrogen-bond donors (Lipinski definition) is 3. The van der Waals surface area contributed by atoms with Gasteiger partial charge in [0.05, 0.1) is 0 Å². The summed E-state index contributed by atoms with van der Waals surface area (Å²) in [5.74, 6) is -1.39. The van der Waals surface area contributed by atoms with Crippen molar-refractivity contribution < 1.29 is 29.0 Å². The fraction of sp³-hybridized carbons (Fsp3) is 0.842. The number of amides is 1. The maximum absolute atomic E-state index is 12.2. The zero-order valence-electron chi connectivity index (χ0n) is 17.3. The second-order valence-corrected chi connectivity index (χ2v) is 8.99. The molecule has 1 rings (SSSR count). The molecule has 1 saturated heterocycles. The first-order chi connectivity index (χ1) is 12.3. The van der Waals surface area contributed by atoms with Crippen LogP contribution in [0.4, 0.5) is 4.79 Å². The number of nitrogens with one attached hydrogen (secondary N) is 2. The smallest absolute Gasteiger partial charge is 0.408 e. The van der Waals surface area contributed by atoms with E-state index in [0.717, 1.165) is 12.8 Å². The molecule has 0 aromatic carbocycles. The first kappa shape index (κ1) is 23.2. The van der Waals surface area contributed by atoms with Crippen molar-refractivity contribution in [2.75, 3.05) is 0 Å². The standard InChI is InChI=1S/C19H34N2O6/c1-18(2,3)26-16(24)14-9-7-8-12(20-14)10-11-13(15(22)23)21-17(25)27-19(4,5)6/h12-14,20H,7-11H2,1-6H3,(H,21,25)(H,22,23)/t12-,13+,14+/m1/s1. The lowest BCUT2D eigenvalue weighted by Gasteiger charge is -2.32. The van der Waals surface area contributed by atoms with Gasteiger partial charge in [0.1, 0.15) is 23.3 Å². The van der Waals surface area contributed by atoms with Crippen LogP contribution in [0.2, 0.25) is 0 Å². The fourth-order valence-corrected chi connectivity index (χ4v) is 2.88. The summed E-state index contributed by atoms with van der Waals surface area (Å²) in [6.45, 7) is 10.6. The fourth-order valence-electron chi connectivity index (χ4n) is 2.88. The van der Waals surface area contributed by atoms with E-state index in [4.69, 9.17) is 9.47 Å². The number of carboxylic acids is 1. The highest BCUT2D eigenvalue weighted by Crippen LogP contribution is 2.20. The summed E-state index contributed by atoms with van der Waals surface area (Å²) in [5.41, 5.74) is -1.24. The number of hydrogen-bond acceptors (Lipinski definition) is 6. The molecule has 27 heavy (non-hydrogen) atoms. The Hall–Kier alpha value is -1.83. The molecule has 8 heteroatoms. The first-order valence-corrected chi connectivity index (χ1v) is 9.48. The van der Waals surface area contributed by atoms with Crippen LogP contribution in [-0.2, 0) is 19.1 Å². The van der Waals surface area contributed by atoms with Crippen molar-refractivity contribution in [3.63, 3.8) is 0 Å². The van der Waals surface area contributed by atoms with Crippen LogP contribution in [0, 0.1) is 0 Å². The molecule has 156 valence electrons. The second kappa shape index (κ2) is 9.39. The monoisotopic (exact) mass is 386 g/mol. The molecule has 1 aliphatic heterocycles. The minimum absolute atomic E-state index is 0.00134. The molecule has 0 radical (unpaired) electrons. The molecule has 1 fully saturated rings. The molecule has 0 aromatic rings. The molecule has 0 aromatic heterocycles. The van der Waals surface area contributed by atoms with Crippen molar-refractivity contribution in [2.45, 2.75) is 103 Å². The summed E-state index contributed by atoms with van der Waals surface area (Å²) in [6.07, 6.45) is 2.42. The van der Waals surface area contributed by atoms with E-state index in [1.807, 2.05) is 20.8 Å². The van der Waals surface area contributed by atoms with Gasteiger partial charge in [0.2, 0.25) is 0 Å². The topological polar surface area (TPSA) is 114 Å². The Morgan fingerprint density at radius 2 is 1.67 bits per heavy atom. The van der Waals surface area contributed by atoms with Gasteiger partial charge < -0.3 is 25.2 Å². The molecule has 0 unspecified atom stereocenters. The lowest BCUT2D eigenvalue weighted by molar-refractivity contribution is -0.158. The predicted octanol–water partition coefficient (Wildman–Crippen LogP) is 2.60. The van der Waals surface area contributed by atoms with Gasteiger partial charge in [-0.1, -0.05) is 0 Å². The molecule has 0 bridgehead atoms. The van der Waals surface area contributed by atoms with Crippen molar-refractivity contribution in [1.82, 2.24) is 10.6 Å². The van der Waals surface area contributed by atoms with Gasteiger partial charge in [-0.15, -0.1) is 0 Å². The molecule has 1 aliphatic rings. The average molecular weight is 386 g/mol. The van der Waals surface area contributed by atoms with E-state index >= 15 is 0 Å². The minimum atomic E-state index is -1.11. The number of aliphatic carboxylic acids is 1. The molecule has 3 N–H and O–H groups in total. The number of alkyl carbamates (subject to hydrolysis) is 1. The number of rotatable bonds is 6. The highest BCUT2D eigenvalue weighted by atomic mass is 16.6. The predicted molar refractivity (Wildman–Crippen MR) is 100 cm³/mol. The lowest BCUT2D eigenvalue weighted by Crippen LogP contribution is -2.50. The van der Waals surface area contributed by atoms with Crippen molar-refractivity contribution >= 4 is 18.0 Å². The summed E-state index contributed by atoms with van der Waals surface area (Å²) >= 11 is 0. The van der Waals surface area contributed by atoms with Crippen LogP contribution in [-0.4, -0.2) is 52.5 Å². The van der Waals surface area contributed by atoms with Crippen LogP contribution in [0.25, 0.3) is 0 Å². The zero-order valence-corrected chi connectivity index (χ0v) is 17.3. The van der Waals surface area contributed by atoms with Crippen LogP contribution < -0.4 is 10.6 Å². The average Bonchev–Trinajstić information content (AvgIpc) is 2.48. The molecule has 0 saturated carbocycles. The van der Waals surface area contributed by atoms with Gasteiger partial charge in [-0.05, 0) is 73.6 Å². The molecule has 0 spiro atoms. The Bertz CT molecular complexity index is 535. The molecular weight excluding hydrogens is 352 g/mol. The maximum Gasteiger partial charge on any atom is 0.408 e. The largest absolute Gasteiger partial charge is 0.480 e. The van der Waals surface area contributed by atoms with E-state index in [0.29, 0.717) is 12.8 Å². The third-order valence-corrected chi connectivity index (χ3v) is 3.97. The van der Waals surface area contributed by atoms with Gasteiger partial charge in [0, 0.05) is 6.04 Å². The lowest BCUT2D eigenvalue weighted by atomic mass is 9.94. The van der Waals surface area contributed by atoms with Crippen molar-refractivity contribution in [3.05, 3.63) is 0 Å². The highest BCUT2D eigenvalue weighted by Gasteiger charge is 2.31. The van der Waals surface area contributed by atoms with Gasteiger partial charge in [-0.2, -0.15) is 0 Å². The molecule has 1 heterocycles. The Morgan fingerprint density at radius 3 is 2.19 bits per heavy atom.